The Hall–Kier alpha value is -0.0800. The van der Waals surface area contributed by atoms with Gasteiger partial charge in [0.05, 0.1) is 0 Å². The fourth-order valence-electron chi connectivity index (χ4n) is 10.6. The Morgan fingerprint density at radius 1 is 0.786 bits per heavy atom. The van der Waals surface area contributed by atoms with Crippen molar-refractivity contribution in [2.75, 3.05) is 14.1 Å². The third kappa shape index (κ3) is 1.99. The molecular formula is C26H46N2. The van der Waals surface area contributed by atoms with Crippen LogP contribution in [0.5, 0.6) is 0 Å². The maximum Gasteiger partial charge on any atom is 0.00945 e. The van der Waals surface area contributed by atoms with E-state index in [-0.39, 0.29) is 0 Å². The van der Waals surface area contributed by atoms with Crippen LogP contribution in [0.1, 0.15) is 92.4 Å². The van der Waals surface area contributed by atoms with Crippen LogP contribution in [0.3, 0.4) is 0 Å². The topological polar surface area (TPSA) is 29.3 Å². The van der Waals surface area contributed by atoms with Gasteiger partial charge in [0.25, 0.3) is 0 Å². The molecule has 5 rings (SSSR count). The van der Waals surface area contributed by atoms with Crippen molar-refractivity contribution in [2.24, 2.45) is 50.6 Å². The lowest BCUT2D eigenvalue weighted by Crippen LogP contribution is -2.59. The van der Waals surface area contributed by atoms with Crippen LogP contribution in [-0.4, -0.2) is 31.1 Å². The summed E-state index contributed by atoms with van der Waals surface area (Å²) in [7, 11) is 4.59. The van der Waals surface area contributed by atoms with Crippen LogP contribution in [0.25, 0.3) is 0 Å². The van der Waals surface area contributed by atoms with Crippen LogP contribution in [0.4, 0.5) is 0 Å². The molecule has 9 atom stereocenters. The summed E-state index contributed by atoms with van der Waals surface area (Å²) in [6.45, 7) is 13.0. The molecule has 0 aromatic heterocycles. The number of hydrogen-bond donors (Lipinski definition) is 1. The average molecular weight is 387 g/mol. The quantitative estimate of drug-likeness (QED) is 0.659. The summed E-state index contributed by atoms with van der Waals surface area (Å²) in [5, 5.41) is 0. The Morgan fingerprint density at radius 3 is 2.11 bits per heavy atom. The smallest absolute Gasteiger partial charge is 0.00945 e. The molecule has 2 N–H and O–H groups in total. The number of fused-ring (bicyclic) bond motifs is 2. The maximum atomic E-state index is 6.67. The summed E-state index contributed by atoms with van der Waals surface area (Å²) in [6.07, 6.45) is 13.1. The van der Waals surface area contributed by atoms with E-state index < -0.39 is 0 Å². The van der Waals surface area contributed by atoms with Crippen molar-refractivity contribution in [2.45, 2.75) is 104 Å². The largest absolute Gasteiger partial charge is 0.327 e. The second kappa shape index (κ2) is 5.58. The Labute approximate surface area is 174 Å². The van der Waals surface area contributed by atoms with Crippen molar-refractivity contribution in [3.63, 3.8) is 0 Å². The molecule has 0 amide bonds. The van der Waals surface area contributed by atoms with E-state index in [0.717, 1.165) is 17.8 Å². The van der Waals surface area contributed by atoms with E-state index in [0.29, 0.717) is 39.2 Å². The zero-order valence-corrected chi connectivity index (χ0v) is 19.8. The van der Waals surface area contributed by atoms with Crippen LogP contribution in [0.15, 0.2) is 0 Å². The molecule has 2 spiro atoms. The van der Waals surface area contributed by atoms with Gasteiger partial charge in [-0.2, -0.15) is 0 Å². The van der Waals surface area contributed by atoms with Gasteiger partial charge < -0.3 is 10.6 Å². The number of nitrogens with two attached hydrogens (primary N) is 1. The summed E-state index contributed by atoms with van der Waals surface area (Å²) < 4.78 is 0. The Morgan fingerprint density at radius 2 is 1.43 bits per heavy atom. The first-order chi connectivity index (χ1) is 13.0. The van der Waals surface area contributed by atoms with Gasteiger partial charge in [-0.15, -0.1) is 0 Å². The van der Waals surface area contributed by atoms with Gasteiger partial charge in [0, 0.05) is 12.1 Å². The molecule has 2 heteroatoms. The van der Waals surface area contributed by atoms with Gasteiger partial charge in [0.15, 0.2) is 0 Å². The minimum absolute atomic E-state index is 0.339. The third-order valence-corrected chi connectivity index (χ3v) is 12.7. The van der Waals surface area contributed by atoms with Gasteiger partial charge in [0.2, 0.25) is 0 Å². The predicted molar refractivity (Wildman–Crippen MR) is 118 cm³/mol. The van der Waals surface area contributed by atoms with E-state index in [1.54, 1.807) is 6.42 Å². The highest BCUT2D eigenvalue weighted by Crippen LogP contribution is 2.88. The van der Waals surface area contributed by atoms with E-state index in [9.17, 15) is 0 Å². The summed E-state index contributed by atoms with van der Waals surface area (Å²) in [5.74, 6) is 2.72. The molecule has 5 fully saturated rings. The average Bonchev–Trinajstić information content (AvgIpc) is 3.21. The third-order valence-electron chi connectivity index (χ3n) is 12.7. The lowest BCUT2D eigenvalue weighted by molar-refractivity contribution is -0.144. The van der Waals surface area contributed by atoms with Crippen molar-refractivity contribution in [3.05, 3.63) is 0 Å². The molecule has 0 unspecified atom stereocenters. The van der Waals surface area contributed by atoms with Crippen LogP contribution in [-0.2, 0) is 0 Å². The standard InChI is InChI=1S/C26H46N2/c1-17(28(6)7)18-10-12-24(5)20-9-8-19-22(2,3)21(27)11-13-25(19)16-26(20,25)15-14-23(18,24)4/h17-21H,8-16,27H2,1-7H3/t17-,18+,19-,20+,21-,23+,24-,25+,26-/m0/s1. The molecule has 5 aliphatic carbocycles. The SMILES string of the molecule is C[C@@H]([C@H]1CC[C@@]2(C)[C@H]3CC[C@H]4C(C)(C)[C@@H](N)CC[C@@]45C[C@@]35CC[C@]12C)N(C)C. The highest BCUT2D eigenvalue weighted by Gasteiger charge is 2.82. The molecular weight excluding hydrogens is 340 g/mol. The van der Waals surface area contributed by atoms with Gasteiger partial charge >= 0.3 is 0 Å². The lowest BCUT2D eigenvalue weighted by Gasteiger charge is -2.63. The molecule has 0 heterocycles. The van der Waals surface area contributed by atoms with Crippen LogP contribution in [0, 0.1) is 44.8 Å². The summed E-state index contributed by atoms with van der Waals surface area (Å²) in [4.78, 5) is 2.49. The molecule has 0 radical (unpaired) electrons. The Kier molecular flexibility index (Phi) is 3.96. The summed E-state index contributed by atoms with van der Waals surface area (Å²) >= 11 is 0. The molecule has 0 aromatic carbocycles. The van der Waals surface area contributed by atoms with Gasteiger partial charge in [-0.1, -0.05) is 27.7 Å². The Bertz CT molecular complexity index is 669. The minimum Gasteiger partial charge on any atom is -0.327 e. The molecule has 0 saturated heterocycles. The van der Waals surface area contributed by atoms with Crippen molar-refractivity contribution < 1.29 is 0 Å². The van der Waals surface area contributed by atoms with Crippen molar-refractivity contribution >= 4 is 0 Å². The summed E-state index contributed by atoms with van der Waals surface area (Å²) in [6, 6.07) is 1.12. The molecule has 160 valence electrons. The predicted octanol–water partition coefficient (Wildman–Crippen LogP) is 5.70. The lowest BCUT2D eigenvalue weighted by atomic mass is 9.42. The number of rotatable bonds is 2. The van der Waals surface area contributed by atoms with E-state index in [4.69, 9.17) is 5.73 Å². The number of nitrogens with zero attached hydrogens (tertiary/aromatic N) is 1. The van der Waals surface area contributed by atoms with E-state index in [1.807, 2.05) is 0 Å². The van der Waals surface area contributed by atoms with Gasteiger partial charge in [0.1, 0.15) is 0 Å². The Balaban J connectivity index is 1.50. The molecule has 0 aromatic rings. The van der Waals surface area contributed by atoms with E-state index in [2.05, 4.69) is 53.6 Å². The minimum atomic E-state index is 0.339. The highest BCUT2D eigenvalue weighted by atomic mass is 15.1. The van der Waals surface area contributed by atoms with Crippen molar-refractivity contribution in [3.8, 4) is 0 Å². The normalized spacial score (nSPS) is 57.8. The first-order valence-electron chi connectivity index (χ1n) is 12.4. The fourth-order valence-corrected chi connectivity index (χ4v) is 10.6. The monoisotopic (exact) mass is 386 g/mol. The van der Waals surface area contributed by atoms with E-state index >= 15 is 0 Å². The molecule has 2 nitrogen and oxygen atoms in total. The van der Waals surface area contributed by atoms with Crippen LogP contribution in [0.2, 0.25) is 0 Å². The zero-order valence-electron chi connectivity index (χ0n) is 19.8. The van der Waals surface area contributed by atoms with Crippen molar-refractivity contribution in [1.82, 2.24) is 4.90 Å². The van der Waals surface area contributed by atoms with Crippen LogP contribution < -0.4 is 5.73 Å². The van der Waals surface area contributed by atoms with Gasteiger partial charge in [-0.05, 0) is 124 Å². The second-order valence-electron chi connectivity index (χ2n) is 13.3. The van der Waals surface area contributed by atoms with Crippen molar-refractivity contribution in [1.29, 1.82) is 0 Å². The number of hydrogen-bond acceptors (Lipinski definition) is 2. The first kappa shape index (κ1) is 19.9. The second-order valence-corrected chi connectivity index (χ2v) is 13.3. The molecule has 5 aliphatic rings. The first-order valence-corrected chi connectivity index (χ1v) is 12.4. The summed E-state index contributed by atoms with van der Waals surface area (Å²) in [5.41, 5.74) is 9.43. The maximum absolute atomic E-state index is 6.67. The van der Waals surface area contributed by atoms with Gasteiger partial charge in [-0.25, -0.2) is 0 Å². The molecule has 28 heavy (non-hydrogen) atoms. The zero-order chi connectivity index (χ0) is 20.3. The molecule has 0 aliphatic heterocycles. The highest BCUT2D eigenvalue weighted by molar-refractivity contribution is 5.30. The van der Waals surface area contributed by atoms with Crippen LogP contribution >= 0.6 is 0 Å². The molecule has 0 bridgehead atoms. The van der Waals surface area contributed by atoms with Gasteiger partial charge in [-0.3, -0.25) is 0 Å². The van der Waals surface area contributed by atoms with E-state index in [1.165, 1.54) is 51.4 Å². The fraction of sp³-hybridized carbons (Fsp3) is 1.00. The molecule has 5 saturated carbocycles.